The van der Waals surface area contributed by atoms with Gasteiger partial charge in [0.25, 0.3) is 0 Å². The fourth-order valence-corrected chi connectivity index (χ4v) is 4.46. The van der Waals surface area contributed by atoms with E-state index in [1.54, 1.807) is 42.5 Å². The van der Waals surface area contributed by atoms with Crippen molar-refractivity contribution in [2.24, 2.45) is 0 Å². The van der Waals surface area contributed by atoms with Crippen molar-refractivity contribution in [1.82, 2.24) is 24.4 Å². The molecular formula is C22H23N5O5S. The Labute approximate surface area is 189 Å². The average Bonchev–Trinajstić information content (AvgIpc) is 3.25. The molecule has 0 radical (unpaired) electrons. The standard InChI is InChI=1S/C22H23N5O5S/c1-3-12-27-18-9-6-15(13-17(18)24-21(28)22(27)29)20-25-19(32-26-20)10-11-23-33(30,31)16-7-4-14(2)5-8-16/h4-9,13,23H,3,10-12H2,1-2H3,(H,24,28). The summed E-state index contributed by atoms with van der Waals surface area (Å²) in [6.45, 7) is 4.33. The Hall–Kier alpha value is -3.57. The Morgan fingerprint density at radius 1 is 1.12 bits per heavy atom. The van der Waals surface area contributed by atoms with Crippen LogP contribution in [0.3, 0.4) is 0 Å². The van der Waals surface area contributed by atoms with Gasteiger partial charge in [-0.25, -0.2) is 13.1 Å². The lowest BCUT2D eigenvalue weighted by molar-refractivity contribution is 0.379. The SMILES string of the molecule is CCCn1c(=O)c(=O)[nH]c2cc(-c3noc(CCNS(=O)(=O)c4ccc(C)cc4)n3)ccc21. The molecule has 0 saturated carbocycles. The average molecular weight is 470 g/mol. The molecule has 172 valence electrons. The first kappa shape index (κ1) is 22.6. The lowest BCUT2D eigenvalue weighted by Gasteiger charge is -2.08. The van der Waals surface area contributed by atoms with Crippen molar-refractivity contribution >= 4 is 21.1 Å². The zero-order valence-corrected chi connectivity index (χ0v) is 19.0. The molecule has 0 aliphatic rings. The molecule has 0 fully saturated rings. The Bertz CT molecular complexity index is 1520. The van der Waals surface area contributed by atoms with E-state index in [9.17, 15) is 18.0 Å². The van der Waals surface area contributed by atoms with Crippen LogP contribution in [0.1, 0.15) is 24.8 Å². The highest BCUT2D eigenvalue weighted by Crippen LogP contribution is 2.20. The maximum atomic E-state index is 12.4. The minimum Gasteiger partial charge on any atom is -0.339 e. The van der Waals surface area contributed by atoms with Crippen LogP contribution < -0.4 is 15.8 Å². The van der Waals surface area contributed by atoms with Crippen molar-refractivity contribution in [3.8, 4) is 11.4 Å². The highest BCUT2D eigenvalue weighted by Gasteiger charge is 2.15. The van der Waals surface area contributed by atoms with Gasteiger partial charge in [-0.1, -0.05) is 29.8 Å². The first-order chi connectivity index (χ1) is 15.8. The van der Waals surface area contributed by atoms with E-state index in [2.05, 4.69) is 19.8 Å². The molecule has 0 atom stereocenters. The van der Waals surface area contributed by atoms with E-state index in [1.165, 1.54) is 4.57 Å². The molecule has 2 aromatic heterocycles. The number of H-pyrrole nitrogens is 1. The molecule has 2 N–H and O–H groups in total. The van der Waals surface area contributed by atoms with Crippen molar-refractivity contribution in [2.45, 2.75) is 38.1 Å². The smallest absolute Gasteiger partial charge is 0.316 e. The maximum absolute atomic E-state index is 12.4. The number of benzene rings is 2. The number of hydrogen-bond acceptors (Lipinski definition) is 7. The second-order valence-corrected chi connectivity index (χ2v) is 9.38. The van der Waals surface area contributed by atoms with Crippen LogP contribution in [0, 0.1) is 6.92 Å². The third kappa shape index (κ3) is 4.78. The second-order valence-electron chi connectivity index (χ2n) is 7.62. The molecule has 4 rings (SSSR count). The van der Waals surface area contributed by atoms with E-state index in [1.807, 2.05) is 13.8 Å². The lowest BCUT2D eigenvalue weighted by Crippen LogP contribution is -2.36. The summed E-state index contributed by atoms with van der Waals surface area (Å²) in [6.07, 6.45) is 0.917. The van der Waals surface area contributed by atoms with Crippen LogP contribution in [-0.2, 0) is 23.0 Å². The van der Waals surface area contributed by atoms with E-state index < -0.39 is 21.1 Å². The Morgan fingerprint density at radius 2 is 1.88 bits per heavy atom. The van der Waals surface area contributed by atoms with E-state index in [0.29, 0.717) is 35.4 Å². The summed E-state index contributed by atoms with van der Waals surface area (Å²) in [5, 5.41) is 3.95. The van der Waals surface area contributed by atoms with Crippen LogP contribution >= 0.6 is 0 Å². The number of aromatic nitrogens is 4. The van der Waals surface area contributed by atoms with Crippen molar-refractivity contribution in [3.05, 3.63) is 74.6 Å². The molecule has 0 amide bonds. The molecule has 0 saturated heterocycles. The molecule has 2 aromatic carbocycles. The summed E-state index contributed by atoms with van der Waals surface area (Å²) in [7, 11) is -3.63. The largest absolute Gasteiger partial charge is 0.339 e. The predicted octanol–water partition coefficient (Wildman–Crippen LogP) is 1.98. The number of aromatic amines is 1. The minimum atomic E-state index is -3.63. The van der Waals surface area contributed by atoms with Crippen molar-refractivity contribution < 1.29 is 12.9 Å². The number of hydrogen-bond donors (Lipinski definition) is 2. The highest BCUT2D eigenvalue weighted by atomic mass is 32.2. The summed E-state index contributed by atoms with van der Waals surface area (Å²) in [5.74, 6) is 0.559. The van der Waals surface area contributed by atoms with Crippen LogP contribution in [0.25, 0.3) is 22.4 Å². The number of rotatable bonds is 8. The summed E-state index contributed by atoms with van der Waals surface area (Å²) >= 11 is 0. The van der Waals surface area contributed by atoms with E-state index in [0.717, 1.165) is 5.56 Å². The van der Waals surface area contributed by atoms with E-state index >= 15 is 0 Å². The Kier molecular flexibility index (Phi) is 6.25. The van der Waals surface area contributed by atoms with Crippen LogP contribution in [0.2, 0.25) is 0 Å². The number of nitrogens with zero attached hydrogens (tertiary/aromatic N) is 3. The third-order valence-electron chi connectivity index (χ3n) is 5.11. The van der Waals surface area contributed by atoms with Gasteiger partial charge in [-0.05, 0) is 43.7 Å². The zero-order valence-electron chi connectivity index (χ0n) is 18.2. The summed E-state index contributed by atoms with van der Waals surface area (Å²) in [5.41, 5.74) is 1.38. The maximum Gasteiger partial charge on any atom is 0.316 e. The van der Waals surface area contributed by atoms with Crippen molar-refractivity contribution in [2.75, 3.05) is 6.54 Å². The van der Waals surface area contributed by atoms with E-state index in [-0.39, 0.29) is 23.8 Å². The molecule has 4 aromatic rings. The number of nitrogens with one attached hydrogen (secondary N) is 2. The number of fused-ring (bicyclic) bond motifs is 1. The van der Waals surface area contributed by atoms with Crippen LogP contribution in [0.5, 0.6) is 0 Å². The summed E-state index contributed by atoms with van der Waals surface area (Å²) in [6, 6.07) is 11.7. The van der Waals surface area contributed by atoms with Crippen molar-refractivity contribution in [3.63, 3.8) is 0 Å². The van der Waals surface area contributed by atoms with Gasteiger partial charge >= 0.3 is 11.1 Å². The first-order valence-electron chi connectivity index (χ1n) is 10.4. The zero-order chi connectivity index (χ0) is 23.6. The van der Waals surface area contributed by atoms with Crippen LogP contribution in [-0.4, -0.2) is 34.7 Å². The second kappa shape index (κ2) is 9.12. The van der Waals surface area contributed by atoms with Gasteiger partial charge in [-0.15, -0.1) is 0 Å². The van der Waals surface area contributed by atoms with Gasteiger partial charge < -0.3 is 14.1 Å². The fourth-order valence-electron chi connectivity index (χ4n) is 3.43. The molecule has 10 nitrogen and oxygen atoms in total. The molecule has 0 aliphatic carbocycles. The third-order valence-corrected chi connectivity index (χ3v) is 6.59. The van der Waals surface area contributed by atoms with Gasteiger partial charge in [0.1, 0.15) is 0 Å². The van der Waals surface area contributed by atoms with Crippen LogP contribution in [0.15, 0.2) is 61.5 Å². The molecule has 0 spiro atoms. The quantitative estimate of drug-likeness (QED) is 0.376. The highest BCUT2D eigenvalue weighted by molar-refractivity contribution is 7.89. The normalized spacial score (nSPS) is 11.8. The van der Waals surface area contributed by atoms with Gasteiger partial charge in [0.05, 0.1) is 15.9 Å². The Morgan fingerprint density at radius 3 is 2.61 bits per heavy atom. The van der Waals surface area contributed by atoms with Gasteiger partial charge in [-0.2, -0.15) is 4.98 Å². The van der Waals surface area contributed by atoms with Crippen LogP contribution in [0.4, 0.5) is 0 Å². The Balaban J connectivity index is 1.50. The first-order valence-corrected chi connectivity index (χ1v) is 11.9. The molecule has 0 unspecified atom stereocenters. The lowest BCUT2D eigenvalue weighted by atomic mass is 10.1. The summed E-state index contributed by atoms with van der Waals surface area (Å²) < 4.78 is 34.0. The van der Waals surface area contributed by atoms with E-state index in [4.69, 9.17) is 4.52 Å². The minimum absolute atomic E-state index is 0.0895. The number of sulfonamides is 1. The molecular weight excluding hydrogens is 446 g/mol. The predicted molar refractivity (Wildman–Crippen MR) is 122 cm³/mol. The van der Waals surface area contributed by atoms with Gasteiger partial charge in [0.2, 0.25) is 21.7 Å². The molecule has 0 aliphatic heterocycles. The molecule has 2 heterocycles. The molecule has 0 bridgehead atoms. The fraction of sp³-hybridized carbons (Fsp3) is 0.273. The monoisotopic (exact) mass is 469 g/mol. The number of aryl methyl sites for hydroxylation is 2. The summed E-state index contributed by atoms with van der Waals surface area (Å²) in [4.78, 5) is 31.2. The van der Waals surface area contributed by atoms with Gasteiger partial charge in [-0.3, -0.25) is 9.59 Å². The van der Waals surface area contributed by atoms with Gasteiger partial charge in [0, 0.05) is 25.1 Å². The topological polar surface area (TPSA) is 140 Å². The van der Waals surface area contributed by atoms with Crippen molar-refractivity contribution in [1.29, 1.82) is 0 Å². The molecule has 33 heavy (non-hydrogen) atoms. The molecule has 11 heteroatoms. The van der Waals surface area contributed by atoms with Gasteiger partial charge in [0.15, 0.2) is 0 Å².